The van der Waals surface area contributed by atoms with Crippen LogP contribution in [0.2, 0.25) is 0 Å². The van der Waals surface area contributed by atoms with E-state index in [0.29, 0.717) is 30.6 Å². The number of hydrogen-bond acceptors (Lipinski definition) is 3. The maximum Gasteiger partial charge on any atom is 0.410 e. The van der Waals surface area contributed by atoms with Crippen molar-refractivity contribution >= 4 is 17.7 Å². The van der Waals surface area contributed by atoms with Crippen molar-refractivity contribution in [2.75, 3.05) is 11.4 Å². The van der Waals surface area contributed by atoms with Crippen LogP contribution >= 0.6 is 0 Å². The monoisotopic (exact) mass is 408 g/mol. The summed E-state index contributed by atoms with van der Waals surface area (Å²) in [5.41, 5.74) is 1.56. The van der Waals surface area contributed by atoms with Gasteiger partial charge in [0.25, 0.3) is 5.91 Å². The predicted molar refractivity (Wildman–Crippen MR) is 112 cm³/mol. The summed E-state index contributed by atoms with van der Waals surface area (Å²) in [6.07, 6.45) is 2.75. The van der Waals surface area contributed by atoms with E-state index in [9.17, 15) is 14.0 Å². The molecule has 30 heavy (non-hydrogen) atoms. The minimum Gasteiger partial charge on any atom is -0.445 e. The maximum absolute atomic E-state index is 13.8. The first kappa shape index (κ1) is 20.1. The SMILES string of the molecule is CC1=C[C@]2(CCN(C(=O)OCc3ccccc3)[C@@H](C)C2)N(c2cccc(F)c2)C1=O. The third-order valence-corrected chi connectivity index (χ3v) is 5.94. The Kier molecular flexibility index (Phi) is 5.33. The van der Waals surface area contributed by atoms with Gasteiger partial charge in [-0.1, -0.05) is 42.5 Å². The van der Waals surface area contributed by atoms with Gasteiger partial charge in [-0.25, -0.2) is 9.18 Å². The molecule has 1 fully saturated rings. The molecule has 0 N–H and O–H groups in total. The molecule has 0 unspecified atom stereocenters. The second kappa shape index (κ2) is 7.94. The number of likely N-dealkylation sites (tertiary alicyclic amines) is 1. The smallest absolute Gasteiger partial charge is 0.410 e. The molecule has 2 heterocycles. The topological polar surface area (TPSA) is 49.9 Å². The second-order valence-corrected chi connectivity index (χ2v) is 8.09. The van der Waals surface area contributed by atoms with Crippen LogP contribution in [-0.4, -0.2) is 35.0 Å². The molecule has 4 rings (SSSR count). The van der Waals surface area contributed by atoms with Crippen LogP contribution in [0, 0.1) is 5.82 Å². The number of amides is 2. The molecule has 0 aromatic heterocycles. The van der Waals surface area contributed by atoms with Gasteiger partial charge in [0.15, 0.2) is 0 Å². The van der Waals surface area contributed by atoms with Crippen LogP contribution in [0.15, 0.2) is 66.2 Å². The Labute approximate surface area is 175 Å². The van der Waals surface area contributed by atoms with Crippen LogP contribution in [0.4, 0.5) is 14.9 Å². The van der Waals surface area contributed by atoms with Crippen LogP contribution in [0.3, 0.4) is 0 Å². The summed E-state index contributed by atoms with van der Waals surface area (Å²) in [5, 5.41) is 0. The Hall–Kier alpha value is -3.15. The average Bonchev–Trinajstić information content (AvgIpc) is 2.96. The average molecular weight is 408 g/mol. The largest absolute Gasteiger partial charge is 0.445 e. The molecular weight excluding hydrogens is 383 g/mol. The van der Waals surface area contributed by atoms with E-state index in [4.69, 9.17) is 4.74 Å². The number of ether oxygens (including phenoxy) is 1. The Morgan fingerprint density at radius 2 is 1.97 bits per heavy atom. The molecule has 2 aliphatic rings. The maximum atomic E-state index is 13.8. The first-order valence-electron chi connectivity index (χ1n) is 10.2. The van der Waals surface area contributed by atoms with Crippen LogP contribution in [0.25, 0.3) is 0 Å². The Morgan fingerprint density at radius 3 is 2.67 bits per heavy atom. The number of anilines is 1. The fourth-order valence-electron chi connectivity index (χ4n) is 4.56. The van der Waals surface area contributed by atoms with Gasteiger partial charge in [0.2, 0.25) is 0 Å². The molecule has 2 aromatic rings. The summed E-state index contributed by atoms with van der Waals surface area (Å²) in [4.78, 5) is 29.0. The van der Waals surface area contributed by atoms with Crippen molar-refractivity contribution in [3.63, 3.8) is 0 Å². The highest BCUT2D eigenvalue weighted by molar-refractivity contribution is 6.09. The van der Waals surface area contributed by atoms with Gasteiger partial charge >= 0.3 is 6.09 Å². The number of nitrogens with zero attached hydrogens (tertiary/aromatic N) is 2. The molecule has 0 radical (unpaired) electrons. The fraction of sp³-hybridized carbons (Fsp3) is 0.333. The quantitative estimate of drug-likeness (QED) is 0.741. The summed E-state index contributed by atoms with van der Waals surface area (Å²) < 4.78 is 19.3. The minimum absolute atomic E-state index is 0.118. The summed E-state index contributed by atoms with van der Waals surface area (Å²) in [7, 11) is 0. The molecule has 5 nitrogen and oxygen atoms in total. The zero-order valence-electron chi connectivity index (χ0n) is 17.2. The highest BCUT2D eigenvalue weighted by atomic mass is 19.1. The van der Waals surface area contributed by atoms with Crippen molar-refractivity contribution in [1.82, 2.24) is 4.90 Å². The molecule has 0 aliphatic carbocycles. The minimum atomic E-state index is -0.565. The molecule has 2 amide bonds. The van der Waals surface area contributed by atoms with Crippen molar-refractivity contribution in [2.45, 2.75) is 44.9 Å². The van der Waals surface area contributed by atoms with E-state index >= 15 is 0 Å². The number of piperidine rings is 1. The highest BCUT2D eigenvalue weighted by Crippen LogP contribution is 2.42. The zero-order valence-corrected chi connectivity index (χ0v) is 17.2. The number of benzene rings is 2. The van der Waals surface area contributed by atoms with Crippen molar-refractivity contribution < 1.29 is 18.7 Å². The summed E-state index contributed by atoms with van der Waals surface area (Å²) >= 11 is 0. The highest BCUT2D eigenvalue weighted by Gasteiger charge is 2.49. The number of carbonyl (C=O) groups excluding carboxylic acids is 2. The molecular formula is C24H25FN2O3. The number of hydrogen-bond donors (Lipinski definition) is 0. The summed E-state index contributed by atoms with van der Waals surface area (Å²) in [5.74, 6) is -0.497. The molecule has 2 atom stereocenters. The van der Waals surface area contributed by atoms with Crippen molar-refractivity contribution in [1.29, 1.82) is 0 Å². The Morgan fingerprint density at radius 1 is 1.20 bits per heavy atom. The van der Waals surface area contributed by atoms with Gasteiger partial charge in [0.05, 0.1) is 5.54 Å². The first-order chi connectivity index (χ1) is 14.4. The molecule has 0 bridgehead atoms. The van der Waals surface area contributed by atoms with Gasteiger partial charge in [0.1, 0.15) is 12.4 Å². The van der Waals surface area contributed by atoms with Gasteiger partial charge in [-0.2, -0.15) is 0 Å². The van der Waals surface area contributed by atoms with Gasteiger partial charge < -0.3 is 9.64 Å². The molecule has 2 aromatic carbocycles. The van der Waals surface area contributed by atoms with Gasteiger partial charge in [-0.05, 0) is 50.5 Å². The van der Waals surface area contributed by atoms with Crippen molar-refractivity contribution in [3.8, 4) is 0 Å². The Balaban J connectivity index is 1.50. The first-order valence-corrected chi connectivity index (χ1v) is 10.2. The van der Waals surface area contributed by atoms with E-state index in [1.165, 1.54) is 12.1 Å². The zero-order chi connectivity index (χ0) is 21.3. The van der Waals surface area contributed by atoms with Crippen LogP contribution in [0.5, 0.6) is 0 Å². The lowest BCUT2D eigenvalue weighted by molar-refractivity contribution is -0.115. The van der Waals surface area contributed by atoms with E-state index in [1.807, 2.05) is 43.3 Å². The van der Waals surface area contributed by atoms with Gasteiger partial charge in [-0.15, -0.1) is 0 Å². The molecule has 156 valence electrons. The van der Waals surface area contributed by atoms with Crippen molar-refractivity contribution in [3.05, 3.63) is 77.6 Å². The number of carbonyl (C=O) groups is 2. The molecule has 0 saturated carbocycles. The summed E-state index contributed by atoms with van der Waals surface area (Å²) in [6, 6.07) is 15.5. The molecule has 2 aliphatic heterocycles. The van der Waals surface area contributed by atoms with Crippen LogP contribution in [-0.2, 0) is 16.1 Å². The summed E-state index contributed by atoms with van der Waals surface area (Å²) in [6.45, 7) is 4.42. The van der Waals surface area contributed by atoms with Gasteiger partial charge in [0, 0.05) is 23.8 Å². The van der Waals surface area contributed by atoms with Crippen LogP contribution in [0.1, 0.15) is 32.3 Å². The van der Waals surface area contributed by atoms with E-state index in [-0.39, 0.29) is 30.5 Å². The Bertz CT molecular complexity index is 991. The van der Waals surface area contributed by atoms with E-state index in [2.05, 4.69) is 0 Å². The van der Waals surface area contributed by atoms with E-state index < -0.39 is 5.54 Å². The fourth-order valence-corrected chi connectivity index (χ4v) is 4.56. The normalized spacial score (nSPS) is 23.6. The van der Waals surface area contributed by atoms with Crippen LogP contribution < -0.4 is 4.90 Å². The number of halogens is 1. The molecule has 6 heteroatoms. The standard InChI is InChI=1S/C24H25FN2O3/c1-17-14-24(27(22(17)28)21-10-6-9-20(25)13-21)11-12-26(18(2)15-24)23(29)30-16-19-7-4-3-5-8-19/h3-10,13-14,18H,11-12,15-16H2,1-2H3/t18-,24-/m0/s1. The molecule has 1 saturated heterocycles. The lowest BCUT2D eigenvalue weighted by Gasteiger charge is -2.47. The van der Waals surface area contributed by atoms with E-state index in [1.54, 1.807) is 28.9 Å². The molecule has 1 spiro atoms. The predicted octanol–water partition coefficient (Wildman–Crippen LogP) is 4.68. The third kappa shape index (κ3) is 3.70. The lowest BCUT2D eigenvalue weighted by atomic mass is 9.83. The van der Waals surface area contributed by atoms with Crippen molar-refractivity contribution in [2.24, 2.45) is 0 Å². The number of rotatable bonds is 3. The second-order valence-electron chi connectivity index (χ2n) is 8.09. The van der Waals surface area contributed by atoms with Gasteiger partial charge in [-0.3, -0.25) is 9.69 Å². The lowest BCUT2D eigenvalue weighted by Crippen LogP contribution is -2.57. The third-order valence-electron chi connectivity index (χ3n) is 5.94. The van der Waals surface area contributed by atoms with E-state index in [0.717, 1.165) is 5.56 Å².